The number of benzene rings is 2. The summed E-state index contributed by atoms with van der Waals surface area (Å²) in [5, 5.41) is 10.7. The van der Waals surface area contributed by atoms with E-state index in [9.17, 15) is 5.11 Å². The number of likely N-dealkylation sites (N-methyl/N-ethyl adjacent to an activating group) is 1. The summed E-state index contributed by atoms with van der Waals surface area (Å²) in [5.74, 6) is 0.0820. The molecule has 0 saturated heterocycles. The monoisotopic (exact) mass is 255 g/mol. The molecule has 0 aliphatic heterocycles. The van der Waals surface area contributed by atoms with E-state index in [-0.39, 0.29) is 5.92 Å². The van der Waals surface area contributed by atoms with Gasteiger partial charge in [-0.3, -0.25) is 0 Å². The first-order valence-corrected chi connectivity index (χ1v) is 6.61. The van der Waals surface area contributed by atoms with Crippen LogP contribution < -0.4 is 0 Å². The molecule has 100 valence electrons. The lowest BCUT2D eigenvalue weighted by molar-refractivity contribution is 0.129. The van der Waals surface area contributed by atoms with Gasteiger partial charge in [0.1, 0.15) is 0 Å². The quantitative estimate of drug-likeness (QED) is 0.887. The number of aliphatic hydroxyl groups is 1. The Morgan fingerprint density at radius 2 is 1.32 bits per heavy atom. The normalized spacial score (nSPS) is 14.3. The maximum Gasteiger partial charge on any atom is 0.0870 e. The second kappa shape index (κ2) is 6.50. The second-order valence-corrected chi connectivity index (χ2v) is 5.13. The molecule has 0 bridgehead atoms. The van der Waals surface area contributed by atoms with Crippen molar-refractivity contribution in [2.45, 2.75) is 12.0 Å². The molecule has 2 rings (SSSR count). The van der Waals surface area contributed by atoms with Crippen molar-refractivity contribution in [3.8, 4) is 0 Å². The van der Waals surface area contributed by atoms with Crippen LogP contribution >= 0.6 is 0 Å². The van der Waals surface area contributed by atoms with Crippen LogP contribution in [0.2, 0.25) is 0 Å². The number of hydrogen-bond donors (Lipinski definition) is 1. The van der Waals surface area contributed by atoms with E-state index in [1.807, 2.05) is 62.6 Å². The van der Waals surface area contributed by atoms with Crippen LogP contribution in [0.5, 0.6) is 0 Å². The van der Waals surface area contributed by atoms with E-state index in [2.05, 4.69) is 17.0 Å². The first-order chi connectivity index (χ1) is 9.18. The molecule has 19 heavy (non-hydrogen) atoms. The smallest absolute Gasteiger partial charge is 0.0870 e. The summed E-state index contributed by atoms with van der Waals surface area (Å²) in [7, 11) is 4.07. The van der Waals surface area contributed by atoms with E-state index in [0.29, 0.717) is 0 Å². The largest absolute Gasteiger partial charge is 0.388 e. The molecule has 0 aromatic heterocycles. The van der Waals surface area contributed by atoms with E-state index in [0.717, 1.165) is 12.1 Å². The van der Waals surface area contributed by atoms with Crippen LogP contribution in [0.3, 0.4) is 0 Å². The predicted octanol–water partition coefficient (Wildman–Crippen LogP) is 3.07. The third kappa shape index (κ3) is 3.66. The van der Waals surface area contributed by atoms with Crippen LogP contribution in [0.25, 0.3) is 0 Å². The topological polar surface area (TPSA) is 23.5 Å². The Bertz CT molecular complexity index is 481. The van der Waals surface area contributed by atoms with Gasteiger partial charge >= 0.3 is 0 Å². The van der Waals surface area contributed by atoms with Crippen LogP contribution in [0.15, 0.2) is 60.7 Å². The lowest BCUT2D eigenvalue weighted by Crippen LogP contribution is -2.25. The summed E-state index contributed by atoms with van der Waals surface area (Å²) in [6.45, 7) is 0.820. The van der Waals surface area contributed by atoms with Crippen molar-refractivity contribution in [3.05, 3.63) is 71.8 Å². The molecule has 2 aromatic carbocycles. The Balaban J connectivity index is 2.28. The van der Waals surface area contributed by atoms with E-state index in [4.69, 9.17) is 0 Å². The molecule has 0 heterocycles. The minimum atomic E-state index is -0.481. The molecule has 0 aliphatic carbocycles. The van der Waals surface area contributed by atoms with E-state index in [1.54, 1.807) is 0 Å². The fourth-order valence-electron chi connectivity index (χ4n) is 2.36. The molecular formula is C17H21NO. The number of rotatable bonds is 5. The fourth-order valence-corrected chi connectivity index (χ4v) is 2.36. The summed E-state index contributed by atoms with van der Waals surface area (Å²) in [6, 6.07) is 20.1. The maximum atomic E-state index is 10.7. The molecule has 2 heteroatoms. The zero-order chi connectivity index (χ0) is 13.7. The molecule has 2 aromatic rings. The number of nitrogens with zero attached hydrogens (tertiary/aromatic N) is 1. The lowest BCUT2D eigenvalue weighted by atomic mass is 9.89. The van der Waals surface area contributed by atoms with Crippen molar-refractivity contribution in [2.24, 2.45) is 0 Å². The van der Waals surface area contributed by atoms with Crippen molar-refractivity contribution in [1.82, 2.24) is 4.90 Å². The molecule has 1 N–H and O–H groups in total. The molecule has 2 unspecified atom stereocenters. The predicted molar refractivity (Wildman–Crippen MR) is 79.1 cm³/mol. The first-order valence-electron chi connectivity index (χ1n) is 6.61. The summed E-state index contributed by atoms with van der Waals surface area (Å²) < 4.78 is 0. The molecule has 0 spiro atoms. The Morgan fingerprint density at radius 1 is 0.842 bits per heavy atom. The molecule has 0 amide bonds. The zero-order valence-electron chi connectivity index (χ0n) is 11.5. The van der Waals surface area contributed by atoms with E-state index < -0.39 is 6.10 Å². The molecule has 0 fully saturated rings. The van der Waals surface area contributed by atoms with Gasteiger partial charge in [0, 0.05) is 12.5 Å². The maximum absolute atomic E-state index is 10.7. The average Bonchev–Trinajstić information content (AvgIpc) is 2.46. The third-order valence-electron chi connectivity index (χ3n) is 3.31. The molecule has 0 saturated carbocycles. The fraction of sp³-hybridized carbons (Fsp3) is 0.294. The van der Waals surface area contributed by atoms with Crippen LogP contribution in [0.4, 0.5) is 0 Å². The van der Waals surface area contributed by atoms with Crippen LogP contribution in [-0.4, -0.2) is 30.6 Å². The van der Waals surface area contributed by atoms with Gasteiger partial charge in [-0.2, -0.15) is 0 Å². The first kappa shape index (κ1) is 13.8. The lowest BCUT2D eigenvalue weighted by Gasteiger charge is -2.26. The third-order valence-corrected chi connectivity index (χ3v) is 3.31. The molecule has 2 nitrogen and oxygen atoms in total. The van der Waals surface area contributed by atoms with Crippen LogP contribution in [-0.2, 0) is 0 Å². The van der Waals surface area contributed by atoms with Crippen molar-refractivity contribution in [3.63, 3.8) is 0 Å². The van der Waals surface area contributed by atoms with Crippen molar-refractivity contribution in [1.29, 1.82) is 0 Å². The highest BCUT2D eigenvalue weighted by atomic mass is 16.3. The highest BCUT2D eigenvalue weighted by Crippen LogP contribution is 2.31. The molecule has 2 atom stereocenters. The van der Waals surface area contributed by atoms with E-state index >= 15 is 0 Å². The Hall–Kier alpha value is -1.64. The Morgan fingerprint density at radius 3 is 1.79 bits per heavy atom. The van der Waals surface area contributed by atoms with Gasteiger partial charge in [0.2, 0.25) is 0 Å². The molecular weight excluding hydrogens is 234 g/mol. The van der Waals surface area contributed by atoms with Gasteiger partial charge in [0.15, 0.2) is 0 Å². The van der Waals surface area contributed by atoms with Gasteiger partial charge in [0.05, 0.1) is 6.10 Å². The Kier molecular flexibility index (Phi) is 4.72. The highest BCUT2D eigenvalue weighted by Gasteiger charge is 2.23. The highest BCUT2D eigenvalue weighted by molar-refractivity contribution is 5.27. The minimum absolute atomic E-state index is 0.0820. The van der Waals surface area contributed by atoms with Crippen molar-refractivity contribution >= 4 is 0 Å². The van der Waals surface area contributed by atoms with Gasteiger partial charge in [-0.05, 0) is 25.2 Å². The number of aliphatic hydroxyl groups excluding tert-OH is 1. The summed E-state index contributed by atoms with van der Waals surface area (Å²) in [6.07, 6.45) is -0.481. The van der Waals surface area contributed by atoms with Gasteiger partial charge in [-0.25, -0.2) is 0 Å². The standard InChI is InChI=1S/C17H21NO/c1-18(2)13-16(14-9-5-3-6-10-14)17(19)15-11-7-4-8-12-15/h3-12,16-17,19H,13H2,1-2H3. The molecule has 0 radical (unpaired) electrons. The van der Waals surface area contributed by atoms with Gasteiger partial charge in [-0.15, -0.1) is 0 Å². The summed E-state index contributed by atoms with van der Waals surface area (Å²) in [4.78, 5) is 2.11. The van der Waals surface area contributed by atoms with Gasteiger partial charge in [0.25, 0.3) is 0 Å². The Labute approximate surface area is 115 Å². The SMILES string of the molecule is CN(C)CC(c1ccccc1)C(O)c1ccccc1. The molecule has 0 aliphatic rings. The summed E-state index contributed by atoms with van der Waals surface area (Å²) in [5.41, 5.74) is 2.14. The number of hydrogen-bond acceptors (Lipinski definition) is 2. The summed E-state index contributed by atoms with van der Waals surface area (Å²) >= 11 is 0. The minimum Gasteiger partial charge on any atom is -0.388 e. The van der Waals surface area contributed by atoms with Gasteiger partial charge in [-0.1, -0.05) is 60.7 Å². The van der Waals surface area contributed by atoms with E-state index in [1.165, 1.54) is 5.56 Å². The zero-order valence-corrected chi connectivity index (χ0v) is 11.5. The second-order valence-electron chi connectivity index (χ2n) is 5.13. The van der Waals surface area contributed by atoms with Crippen LogP contribution in [0.1, 0.15) is 23.1 Å². The van der Waals surface area contributed by atoms with Crippen molar-refractivity contribution in [2.75, 3.05) is 20.6 Å². The van der Waals surface area contributed by atoms with Crippen molar-refractivity contribution < 1.29 is 5.11 Å². The average molecular weight is 255 g/mol. The van der Waals surface area contributed by atoms with Gasteiger partial charge < -0.3 is 10.0 Å². The van der Waals surface area contributed by atoms with Crippen LogP contribution in [0, 0.1) is 0 Å².